The minimum absolute atomic E-state index is 0.529. The highest BCUT2D eigenvalue weighted by Crippen LogP contribution is 2.30. The minimum atomic E-state index is -0.564. The van der Waals surface area contributed by atoms with Gasteiger partial charge in [0.15, 0.2) is 0 Å². The van der Waals surface area contributed by atoms with Gasteiger partial charge in [0, 0.05) is 11.4 Å². The fourth-order valence-electron chi connectivity index (χ4n) is 1.52. The molecule has 4 heteroatoms. The second kappa shape index (κ2) is 5.19. The van der Waals surface area contributed by atoms with Crippen molar-refractivity contribution in [3.8, 4) is 0 Å². The Hall–Kier alpha value is -0.540. The van der Waals surface area contributed by atoms with E-state index in [0.717, 1.165) is 10.4 Å². The molecule has 0 aliphatic carbocycles. The lowest BCUT2D eigenvalue weighted by atomic mass is 10.1. The van der Waals surface area contributed by atoms with Crippen LogP contribution in [0.5, 0.6) is 0 Å². The summed E-state index contributed by atoms with van der Waals surface area (Å²) >= 11 is 13.3. The number of rotatable bonds is 3. The van der Waals surface area contributed by atoms with Crippen molar-refractivity contribution in [3.63, 3.8) is 0 Å². The van der Waals surface area contributed by atoms with Crippen LogP contribution in [0.15, 0.2) is 35.7 Å². The predicted molar refractivity (Wildman–Crippen MR) is 69.4 cm³/mol. The quantitative estimate of drug-likeness (QED) is 0.882. The fraction of sp³-hybridized carbons (Fsp3) is 0.167. The Morgan fingerprint density at radius 2 is 2.06 bits per heavy atom. The molecule has 2 rings (SSSR count). The minimum Gasteiger partial charge on any atom is -0.387 e. The van der Waals surface area contributed by atoms with E-state index in [4.69, 9.17) is 23.2 Å². The molecular weight excluding hydrogens is 263 g/mol. The van der Waals surface area contributed by atoms with E-state index < -0.39 is 6.10 Å². The number of hydrogen-bond acceptors (Lipinski definition) is 2. The molecule has 84 valence electrons. The highest BCUT2D eigenvalue weighted by molar-refractivity contribution is 7.10. The molecular formula is C12H10Cl2OS. The average Bonchev–Trinajstić information content (AvgIpc) is 2.64. The number of aliphatic hydroxyl groups is 1. The first kappa shape index (κ1) is 11.9. The van der Waals surface area contributed by atoms with Gasteiger partial charge >= 0.3 is 0 Å². The summed E-state index contributed by atoms with van der Waals surface area (Å²) in [6.07, 6.45) is -0.0354. The summed E-state index contributed by atoms with van der Waals surface area (Å²) in [6.45, 7) is 0. The lowest BCUT2D eigenvalue weighted by molar-refractivity contribution is 0.182. The number of halogens is 2. The van der Waals surface area contributed by atoms with Gasteiger partial charge in [-0.05, 0) is 29.1 Å². The number of thiophene rings is 1. The molecule has 1 aromatic carbocycles. The van der Waals surface area contributed by atoms with Gasteiger partial charge in [-0.3, -0.25) is 0 Å². The second-order valence-corrected chi connectivity index (χ2v) is 5.27. The van der Waals surface area contributed by atoms with Gasteiger partial charge in [-0.25, -0.2) is 0 Å². The molecule has 0 spiro atoms. The van der Waals surface area contributed by atoms with Crippen molar-refractivity contribution in [1.82, 2.24) is 0 Å². The van der Waals surface area contributed by atoms with E-state index in [1.807, 2.05) is 29.6 Å². The topological polar surface area (TPSA) is 20.2 Å². The normalized spacial score (nSPS) is 12.7. The molecule has 1 heterocycles. The molecule has 2 aromatic rings. The van der Waals surface area contributed by atoms with Gasteiger partial charge < -0.3 is 5.11 Å². The van der Waals surface area contributed by atoms with Gasteiger partial charge in [0.1, 0.15) is 0 Å². The molecule has 16 heavy (non-hydrogen) atoms. The largest absolute Gasteiger partial charge is 0.387 e. The van der Waals surface area contributed by atoms with E-state index >= 15 is 0 Å². The molecule has 0 bridgehead atoms. The highest BCUT2D eigenvalue weighted by atomic mass is 35.5. The van der Waals surface area contributed by atoms with Crippen LogP contribution < -0.4 is 0 Å². The molecule has 1 unspecified atom stereocenters. The standard InChI is InChI=1S/C12H10Cl2OS/c13-9-3-1-2-8(6-9)7-11(15)12-10(14)4-5-16-12/h1-6,11,15H,7H2. The van der Waals surface area contributed by atoms with Crippen LogP contribution in [0.1, 0.15) is 16.5 Å². The van der Waals surface area contributed by atoms with Crippen molar-refractivity contribution >= 4 is 34.5 Å². The lowest BCUT2D eigenvalue weighted by Crippen LogP contribution is -1.99. The zero-order chi connectivity index (χ0) is 11.5. The molecule has 1 aromatic heterocycles. The SMILES string of the molecule is OC(Cc1cccc(Cl)c1)c1sccc1Cl. The second-order valence-electron chi connectivity index (χ2n) is 3.48. The Balaban J connectivity index is 2.14. The van der Waals surface area contributed by atoms with Crippen molar-refractivity contribution < 1.29 is 5.11 Å². The summed E-state index contributed by atoms with van der Waals surface area (Å²) in [4.78, 5) is 0.807. The van der Waals surface area contributed by atoms with Gasteiger partial charge in [0.05, 0.1) is 16.0 Å². The third kappa shape index (κ3) is 2.77. The molecule has 0 fully saturated rings. The maximum atomic E-state index is 10.0. The van der Waals surface area contributed by atoms with Crippen LogP contribution in [0, 0.1) is 0 Å². The van der Waals surface area contributed by atoms with Crippen LogP contribution in [-0.4, -0.2) is 5.11 Å². The summed E-state index contributed by atoms with van der Waals surface area (Å²) in [5, 5.41) is 13.2. The molecule has 1 N–H and O–H groups in total. The van der Waals surface area contributed by atoms with E-state index in [0.29, 0.717) is 16.5 Å². The van der Waals surface area contributed by atoms with Crippen LogP contribution >= 0.6 is 34.5 Å². The van der Waals surface area contributed by atoms with E-state index in [1.165, 1.54) is 11.3 Å². The van der Waals surface area contributed by atoms with Gasteiger partial charge in [-0.1, -0.05) is 35.3 Å². The summed E-state index contributed by atoms with van der Waals surface area (Å²) in [5.74, 6) is 0. The molecule has 1 atom stereocenters. The Bertz CT molecular complexity index is 481. The van der Waals surface area contributed by atoms with E-state index in [1.54, 1.807) is 6.07 Å². The van der Waals surface area contributed by atoms with Crippen LogP contribution in [0.3, 0.4) is 0 Å². The first-order chi connectivity index (χ1) is 7.66. The summed E-state index contributed by atoms with van der Waals surface area (Å²) in [7, 11) is 0. The van der Waals surface area contributed by atoms with Gasteiger partial charge in [-0.15, -0.1) is 11.3 Å². The van der Waals surface area contributed by atoms with Crippen LogP contribution in [-0.2, 0) is 6.42 Å². The van der Waals surface area contributed by atoms with Crippen molar-refractivity contribution in [2.45, 2.75) is 12.5 Å². The monoisotopic (exact) mass is 272 g/mol. The molecule has 0 aliphatic heterocycles. The van der Waals surface area contributed by atoms with Crippen LogP contribution in [0.25, 0.3) is 0 Å². The Morgan fingerprint density at radius 3 is 2.69 bits per heavy atom. The zero-order valence-electron chi connectivity index (χ0n) is 8.36. The maximum Gasteiger partial charge on any atom is 0.0937 e. The van der Waals surface area contributed by atoms with Crippen LogP contribution in [0.4, 0.5) is 0 Å². The average molecular weight is 273 g/mol. The first-order valence-corrected chi connectivity index (χ1v) is 6.46. The molecule has 0 aliphatic rings. The fourth-order valence-corrected chi connectivity index (χ4v) is 2.91. The lowest BCUT2D eigenvalue weighted by Gasteiger charge is -2.09. The van der Waals surface area contributed by atoms with Gasteiger partial charge in [0.2, 0.25) is 0 Å². The van der Waals surface area contributed by atoms with Gasteiger partial charge in [0.25, 0.3) is 0 Å². The summed E-state index contributed by atoms with van der Waals surface area (Å²) < 4.78 is 0. The molecule has 0 radical (unpaired) electrons. The summed E-state index contributed by atoms with van der Waals surface area (Å²) in [6, 6.07) is 9.28. The van der Waals surface area contributed by atoms with Crippen molar-refractivity contribution in [2.24, 2.45) is 0 Å². The zero-order valence-corrected chi connectivity index (χ0v) is 10.7. The predicted octanol–water partition coefficient (Wildman–Crippen LogP) is 4.33. The van der Waals surface area contributed by atoms with E-state index in [2.05, 4.69) is 0 Å². The van der Waals surface area contributed by atoms with E-state index in [-0.39, 0.29) is 0 Å². The Morgan fingerprint density at radius 1 is 1.25 bits per heavy atom. The van der Waals surface area contributed by atoms with Crippen molar-refractivity contribution in [1.29, 1.82) is 0 Å². The number of aliphatic hydroxyl groups excluding tert-OH is 1. The molecule has 0 saturated carbocycles. The third-order valence-electron chi connectivity index (χ3n) is 2.27. The Kier molecular flexibility index (Phi) is 3.87. The molecule has 0 saturated heterocycles. The van der Waals surface area contributed by atoms with Crippen molar-refractivity contribution in [3.05, 3.63) is 56.2 Å². The van der Waals surface area contributed by atoms with Crippen molar-refractivity contribution in [2.75, 3.05) is 0 Å². The number of hydrogen-bond donors (Lipinski definition) is 1. The highest BCUT2D eigenvalue weighted by Gasteiger charge is 2.13. The molecule has 1 nitrogen and oxygen atoms in total. The summed E-state index contributed by atoms with van der Waals surface area (Å²) in [5.41, 5.74) is 1.00. The Labute approximate surface area is 108 Å². The van der Waals surface area contributed by atoms with Gasteiger partial charge in [-0.2, -0.15) is 0 Å². The first-order valence-electron chi connectivity index (χ1n) is 4.82. The van der Waals surface area contributed by atoms with Crippen LogP contribution in [0.2, 0.25) is 10.0 Å². The maximum absolute atomic E-state index is 10.0. The molecule has 0 amide bonds. The third-order valence-corrected chi connectivity index (χ3v) is 3.96. The number of benzene rings is 1. The van der Waals surface area contributed by atoms with E-state index in [9.17, 15) is 5.11 Å². The smallest absolute Gasteiger partial charge is 0.0937 e.